The molecule has 0 bridgehead atoms. The molecular weight excluding hydrogens is 349 g/mol. The predicted octanol–water partition coefficient (Wildman–Crippen LogP) is 2.06. The van der Waals surface area contributed by atoms with Crippen molar-refractivity contribution < 1.29 is 19.1 Å². The summed E-state index contributed by atoms with van der Waals surface area (Å²) in [5.41, 5.74) is 0.593. The zero-order chi connectivity index (χ0) is 17.5. The number of carboxylic acid groups (broad SMARTS) is 1. The van der Waals surface area contributed by atoms with E-state index in [1.54, 1.807) is 0 Å². The van der Waals surface area contributed by atoms with Crippen LogP contribution in [-0.4, -0.2) is 66.1 Å². The first-order valence-electron chi connectivity index (χ1n) is 8.14. The molecule has 0 saturated carbocycles. The number of nitrogens with zero attached hydrogens (tertiary/aromatic N) is 2. The molecule has 0 radical (unpaired) electrons. The van der Waals surface area contributed by atoms with Crippen LogP contribution in [0.5, 0.6) is 0 Å². The van der Waals surface area contributed by atoms with Crippen LogP contribution in [0.1, 0.15) is 19.3 Å². The number of halogens is 2. The van der Waals surface area contributed by atoms with Gasteiger partial charge in [-0.05, 0) is 57.2 Å². The van der Waals surface area contributed by atoms with Crippen molar-refractivity contribution in [1.29, 1.82) is 0 Å². The number of likely N-dealkylation sites (tertiary alicyclic amines) is 1. The molecule has 0 aliphatic carbocycles. The smallest absolute Gasteiger partial charge is 0.317 e. The third-order valence-electron chi connectivity index (χ3n) is 4.35. The van der Waals surface area contributed by atoms with Crippen LogP contribution in [0, 0.1) is 5.82 Å². The van der Waals surface area contributed by atoms with Crippen LogP contribution in [0.3, 0.4) is 0 Å². The van der Waals surface area contributed by atoms with Crippen molar-refractivity contribution in [2.24, 2.45) is 0 Å². The standard InChI is InChI=1S/C17H24FN3O3.ClH/c1-20(12-17(23)24)15-6-9-21(10-7-15)11-8-16(22)19-14-4-2-13(18)3-5-14;/h2-5,15H,6-12H2,1H3,(H,19,22)(H,23,24);1H. The lowest BCUT2D eigenvalue weighted by Crippen LogP contribution is -2.45. The largest absolute Gasteiger partial charge is 0.480 e. The summed E-state index contributed by atoms with van der Waals surface area (Å²) in [5.74, 6) is -1.23. The fourth-order valence-electron chi connectivity index (χ4n) is 2.94. The van der Waals surface area contributed by atoms with E-state index in [1.807, 2.05) is 11.9 Å². The Morgan fingerprint density at radius 3 is 2.44 bits per heavy atom. The van der Waals surface area contributed by atoms with Gasteiger partial charge in [-0.2, -0.15) is 0 Å². The summed E-state index contributed by atoms with van der Waals surface area (Å²) in [7, 11) is 1.84. The van der Waals surface area contributed by atoms with Crippen LogP contribution < -0.4 is 5.32 Å². The van der Waals surface area contributed by atoms with E-state index in [1.165, 1.54) is 24.3 Å². The van der Waals surface area contributed by atoms with E-state index in [2.05, 4.69) is 10.2 Å². The number of carbonyl (C=O) groups excluding carboxylic acids is 1. The molecule has 1 aliphatic rings. The highest BCUT2D eigenvalue weighted by molar-refractivity contribution is 5.90. The Bertz CT molecular complexity index is 563. The van der Waals surface area contributed by atoms with Crippen molar-refractivity contribution >= 4 is 30.0 Å². The number of carboxylic acids is 1. The van der Waals surface area contributed by atoms with Gasteiger partial charge in [-0.15, -0.1) is 12.4 Å². The monoisotopic (exact) mass is 373 g/mol. The molecule has 8 heteroatoms. The van der Waals surface area contributed by atoms with E-state index < -0.39 is 5.97 Å². The molecule has 140 valence electrons. The highest BCUT2D eigenvalue weighted by Gasteiger charge is 2.23. The Morgan fingerprint density at radius 2 is 1.88 bits per heavy atom. The molecule has 6 nitrogen and oxygen atoms in total. The maximum Gasteiger partial charge on any atom is 0.317 e. The van der Waals surface area contributed by atoms with Gasteiger partial charge in [0.05, 0.1) is 6.54 Å². The van der Waals surface area contributed by atoms with Gasteiger partial charge in [-0.1, -0.05) is 0 Å². The lowest BCUT2D eigenvalue weighted by atomic mass is 10.0. The van der Waals surface area contributed by atoms with E-state index in [4.69, 9.17) is 5.11 Å². The molecule has 1 amide bonds. The molecule has 1 heterocycles. The zero-order valence-electron chi connectivity index (χ0n) is 14.3. The maximum absolute atomic E-state index is 12.8. The number of benzene rings is 1. The molecule has 2 N–H and O–H groups in total. The predicted molar refractivity (Wildman–Crippen MR) is 96.6 cm³/mol. The number of hydrogen-bond acceptors (Lipinski definition) is 4. The molecule has 25 heavy (non-hydrogen) atoms. The molecule has 0 spiro atoms. The topological polar surface area (TPSA) is 72.9 Å². The van der Waals surface area contributed by atoms with E-state index in [0.717, 1.165) is 25.9 Å². The molecule has 1 saturated heterocycles. The van der Waals surface area contributed by atoms with Gasteiger partial charge in [0.1, 0.15) is 5.82 Å². The quantitative estimate of drug-likeness (QED) is 0.765. The van der Waals surface area contributed by atoms with Crippen LogP contribution in [0.4, 0.5) is 10.1 Å². The molecule has 1 aromatic rings. The van der Waals surface area contributed by atoms with Crippen molar-refractivity contribution in [2.45, 2.75) is 25.3 Å². The molecule has 2 rings (SSSR count). The Labute approximate surface area is 153 Å². The second-order valence-electron chi connectivity index (χ2n) is 6.19. The van der Waals surface area contributed by atoms with Gasteiger partial charge < -0.3 is 15.3 Å². The number of hydrogen-bond donors (Lipinski definition) is 2. The number of carbonyl (C=O) groups is 2. The SMILES string of the molecule is CN(CC(=O)O)C1CCN(CCC(=O)Nc2ccc(F)cc2)CC1.Cl. The molecular formula is C17H25ClFN3O3. The van der Waals surface area contributed by atoms with Crippen molar-refractivity contribution in [1.82, 2.24) is 9.80 Å². The number of amides is 1. The Balaban J connectivity index is 0.00000312. The third kappa shape index (κ3) is 7.37. The second-order valence-corrected chi connectivity index (χ2v) is 6.19. The molecule has 0 atom stereocenters. The fourth-order valence-corrected chi connectivity index (χ4v) is 2.94. The van der Waals surface area contributed by atoms with Crippen LogP contribution in [0.15, 0.2) is 24.3 Å². The van der Waals surface area contributed by atoms with Crippen molar-refractivity contribution in [3.8, 4) is 0 Å². The van der Waals surface area contributed by atoms with Gasteiger partial charge >= 0.3 is 5.97 Å². The van der Waals surface area contributed by atoms with Gasteiger partial charge in [0.2, 0.25) is 5.91 Å². The summed E-state index contributed by atoms with van der Waals surface area (Å²) < 4.78 is 12.8. The first-order valence-corrected chi connectivity index (χ1v) is 8.14. The minimum absolute atomic E-state index is 0. The van der Waals surface area contributed by atoms with Crippen LogP contribution in [0.2, 0.25) is 0 Å². The molecule has 1 aromatic carbocycles. The molecule has 0 aromatic heterocycles. The number of piperidine rings is 1. The van der Waals surface area contributed by atoms with Crippen LogP contribution in [0.25, 0.3) is 0 Å². The fraction of sp³-hybridized carbons (Fsp3) is 0.529. The second kappa shape index (κ2) is 10.3. The zero-order valence-corrected chi connectivity index (χ0v) is 15.1. The number of aliphatic carboxylic acids is 1. The normalized spacial score (nSPS) is 15.6. The van der Waals surface area contributed by atoms with E-state index in [0.29, 0.717) is 18.7 Å². The number of rotatable bonds is 7. The summed E-state index contributed by atoms with van der Waals surface area (Å²) in [4.78, 5) is 26.8. The Kier molecular flexibility index (Phi) is 8.82. The van der Waals surface area contributed by atoms with Gasteiger partial charge in [0, 0.05) is 24.7 Å². The summed E-state index contributed by atoms with van der Waals surface area (Å²) in [6.07, 6.45) is 2.19. The summed E-state index contributed by atoms with van der Waals surface area (Å²) in [5, 5.41) is 11.6. The first kappa shape index (κ1) is 21.3. The first-order chi connectivity index (χ1) is 11.4. The third-order valence-corrected chi connectivity index (χ3v) is 4.35. The Hall–Kier alpha value is -1.70. The highest BCUT2D eigenvalue weighted by Crippen LogP contribution is 2.15. The van der Waals surface area contributed by atoms with Crippen LogP contribution >= 0.6 is 12.4 Å². The van der Waals surface area contributed by atoms with Gasteiger partial charge in [0.25, 0.3) is 0 Å². The van der Waals surface area contributed by atoms with Crippen molar-refractivity contribution in [3.05, 3.63) is 30.1 Å². The summed E-state index contributed by atoms with van der Waals surface area (Å²) in [6.45, 7) is 2.45. The van der Waals surface area contributed by atoms with E-state index >= 15 is 0 Å². The number of anilines is 1. The number of nitrogens with one attached hydrogen (secondary N) is 1. The minimum atomic E-state index is -0.808. The average Bonchev–Trinajstić information content (AvgIpc) is 2.55. The average molecular weight is 374 g/mol. The summed E-state index contributed by atoms with van der Waals surface area (Å²) >= 11 is 0. The van der Waals surface area contributed by atoms with Crippen molar-refractivity contribution in [2.75, 3.05) is 38.5 Å². The van der Waals surface area contributed by atoms with Gasteiger partial charge in [0.15, 0.2) is 0 Å². The minimum Gasteiger partial charge on any atom is -0.480 e. The highest BCUT2D eigenvalue weighted by atomic mass is 35.5. The van der Waals surface area contributed by atoms with E-state index in [9.17, 15) is 14.0 Å². The molecule has 0 unspecified atom stereocenters. The maximum atomic E-state index is 12.8. The van der Waals surface area contributed by atoms with Crippen LogP contribution in [-0.2, 0) is 9.59 Å². The van der Waals surface area contributed by atoms with E-state index in [-0.39, 0.29) is 36.7 Å². The summed E-state index contributed by atoms with van der Waals surface area (Å²) in [6, 6.07) is 5.99. The van der Waals surface area contributed by atoms with Gasteiger partial charge in [-0.25, -0.2) is 4.39 Å². The molecule has 1 aliphatic heterocycles. The number of likely N-dealkylation sites (N-methyl/N-ethyl adjacent to an activating group) is 1. The lowest BCUT2D eigenvalue weighted by molar-refractivity contribution is -0.138. The van der Waals surface area contributed by atoms with Crippen molar-refractivity contribution in [3.63, 3.8) is 0 Å². The lowest BCUT2D eigenvalue weighted by Gasteiger charge is -2.36. The van der Waals surface area contributed by atoms with Gasteiger partial charge in [-0.3, -0.25) is 14.5 Å². The Morgan fingerprint density at radius 1 is 1.28 bits per heavy atom. The molecule has 1 fully saturated rings.